The van der Waals surface area contributed by atoms with Crippen LogP contribution in [-0.4, -0.2) is 28.0 Å². The van der Waals surface area contributed by atoms with E-state index in [0.717, 1.165) is 53.4 Å². The van der Waals surface area contributed by atoms with Gasteiger partial charge in [-0.05, 0) is 69.0 Å². The van der Waals surface area contributed by atoms with E-state index < -0.39 is 5.54 Å². The van der Waals surface area contributed by atoms with Crippen molar-refractivity contribution in [1.29, 1.82) is 0 Å². The molecule has 1 fully saturated rings. The summed E-state index contributed by atoms with van der Waals surface area (Å²) in [5.74, 6) is -0.202. The molecule has 5 heteroatoms. The van der Waals surface area contributed by atoms with Crippen LogP contribution in [0.1, 0.15) is 54.2 Å². The second kappa shape index (κ2) is 7.26. The highest BCUT2D eigenvalue weighted by Crippen LogP contribution is 2.37. The van der Waals surface area contributed by atoms with Crippen molar-refractivity contribution in [3.05, 3.63) is 65.4 Å². The lowest BCUT2D eigenvalue weighted by Gasteiger charge is -2.44. The van der Waals surface area contributed by atoms with Crippen molar-refractivity contribution in [3.8, 4) is 0 Å². The SMILES string of the molecule is Cc1cc(C)cc(N2C(=O)c3cc4ccccc4n3CC2(C)C(=O)NC2CCCC2)c1. The van der Waals surface area contributed by atoms with E-state index in [9.17, 15) is 9.59 Å². The van der Waals surface area contributed by atoms with Gasteiger partial charge in [0.25, 0.3) is 5.91 Å². The van der Waals surface area contributed by atoms with Crippen LogP contribution in [0.25, 0.3) is 10.9 Å². The summed E-state index contributed by atoms with van der Waals surface area (Å²) in [6.45, 7) is 6.38. The molecule has 31 heavy (non-hydrogen) atoms. The summed E-state index contributed by atoms with van der Waals surface area (Å²) in [5.41, 5.74) is 3.54. The number of aryl methyl sites for hydroxylation is 2. The number of fused-ring (bicyclic) bond motifs is 3. The van der Waals surface area contributed by atoms with Crippen LogP contribution in [0.2, 0.25) is 0 Å². The minimum absolute atomic E-state index is 0.0738. The van der Waals surface area contributed by atoms with E-state index in [2.05, 4.69) is 11.4 Å². The van der Waals surface area contributed by atoms with Crippen LogP contribution in [0.4, 0.5) is 5.69 Å². The van der Waals surface area contributed by atoms with Gasteiger partial charge in [0.2, 0.25) is 5.91 Å². The lowest BCUT2D eigenvalue weighted by atomic mass is 9.92. The van der Waals surface area contributed by atoms with Gasteiger partial charge in [0.1, 0.15) is 11.2 Å². The van der Waals surface area contributed by atoms with Gasteiger partial charge in [-0.1, -0.05) is 37.1 Å². The van der Waals surface area contributed by atoms with Crippen molar-refractivity contribution in [2.75, 3.05) is 4.90 Å². The molecule has 2 aliphatic rings. The summed E-state index contributed by atoms with van der Waals surface area (Å²) >= 11 is 0. The fourth-order valence-electron chi connectivity index (χ4n) is 5.34. The Morgan fingerprint density at radius 3 is 2.42 bits per heavy atom. The number of anilines is 1. The van der Waals surface area contributed by atoms with Gasteiger partial charge in [0.15, 0.2) is 0 Å². The fraction of sp³-hybridized carbons (Fsp3) is 0.385. The van der Waals surface area contributed by atoms with Gasteiger partial charge < -0.3 is 9.88 Å². The van der Waals surface area contributed by atoms with Crippen molar-refractivity contribution < 1.29 is 9.59 Å². The normalized spacial score (nSPS) is 21.5. The molecule has 0 bridgehead atoms. The lowest BCUT2D eigenvalue weighted by Crippen LogP contribution is -2.65. The maximum atomic E-state index is 13.9. The Morgan fingerprint density at radius 2 is 1.71 bits per heavy atom. The first kappa shape index (κ1) is 19.9. The van der Waals surface area contributed by atoms with Crippen LogP contribution < -0.4 is 10.2 Å². The fourth-order valence-corrected chi connectivity index (χ4v) is 5.34. The van der Waals surface area contributed by atoms with E-state index in [0.29, 0.717) is 12.2 Å². The maximum absolute atomic E-state index is 13.9. The van der Waals surface area contributed by atoms with Gasteiger partial charge in [-0.2, -0.15) is 0 Å². The molecule has 1 saturated carbocycles. The monoisotopic (exact) mass is 415 g/mol. The first-order valence-corrected chi connectivity index (χ1v) is 11.2. The number of hydrogen-bond donors (Lipinski definition) is 1. The third-order valence-corrected chi connectivity index (χ3v) is 6.84. The molecule has 1 aliphatic heterocycles. The number of carbonyl (C=O) groups is 2. The first-order valence-electron chi connectivity index (χ1n) is 11.2. The highest BCUT2D eigenvalue weighted by Gasteiger charge is 2.49. The number of aromatic nitrogens is 1. The summed E-state index contributed by atoms with van der Waals surface area (Å²) in [4.78, 5) is 29.3. The van der Waals surface area contributed by atoms with Gasteiger partial charge in [0.05, 0.1) is 6.54 Å². The quantitative estimate of drug-likeness (QED) is 0.672. The molecule has 3 aromatic rings. The van der Waals surface area contributed by atoms with Gasteiger partial charge in [-0.15, -0.1) is 0 Å². The summed E-state index contributed by atoms with van der Waals surface area (Å²) in [6.07, 6.45) is 4.32. The largest absolute Gasteiger partial charge is 0.351 e. The summed E-state index contributed by atoms with van der Waals surface area (Å²) in [7, 11) is 0. The van der Waals surface area contributed by atoms with Gasteiger partial charge in [-0.25, -0.2) is 0 Å². The van der Waals surface area contributed by atoms with Crippen LogP contribution in [0.15, 0.2) is 48.5 Å². The molecule has 1 aromatic heterocycles. The second-order valence-electron chi connectivity index (χ2n) is 9.39. The Balaban J connectivity index is 1.66. The van der Waals surface area contributed by atoms with Crippen molar-refractivity contribution in [2.45, 2.75) is 64.6 Å². The zero-order valence-electron chi connectivity index (χ0n) is 18.4. The van der Waals surface area contributed by atoms with E-state index >= 15 is 0 Å². The number of rotatable bonds is 3. The van der Waals surface area contributed by atoms with Crippen LogP contribution in [0.5, 0.6) is 0 Å². The average molecular weight is 416 g/mol. The summed E-state index contributed by atoms with van der Waals surface area (Å²) in [6, 6.07) is 16.2. The number of hydrogen-bond acceptors (Lipinski definition) is 2. The molecule has 1 aliphatic carbocycles. The number of carbonyl (C=O) groups excluding carboxylic acids is 2. The molecule has 2 aromatic carbocycles. The molecular formula is C26H29N3O2. The van der Waals surface area contributed by atoms with Gasteiger partial charge in [-0.3, -0.25) is 14.5 Å². The topological polar surface area (TPSA) is 54.3 Å². The van der Waals surface area contributed by atoms with Crippen molar-refractivity contribution >= 4 is 28.4 Å². The highest BCUT2D eigenvalue weighted by molar-refractivity contribution is 6.14. The molecule has 0 saturated heterocycles. The maximum Gasteiger partial charge on any atom is 0.275 e. The van der Waals surface area contributed by atoms with E-state index in [-0.39, 0.29) is 17.9 Å². The summed E-state index contributed by atoms with van der Waals surface area (Å²) in [5, 5.41) is 4.28. The number of para-hydroxylation sites is 1. The zero-order valence-corrected chi connectivity index (χ0v) is 18.4. The van der Waals surface area contributed by atoms with Crippen LogP contribution >= 0.6 is 0 Å². The number of nitrogens with zero attached hydrogens (tertiary/aromatic N) is 2. The Hall–Kier alpha value is -3.08. The summed E-state index contributed by atoms with van der Waals surface area (Å²) < 4.78 is 2.02. The van der Waals surface area contributed by atoms with Crippen molar-refractivity contribution in [3.63, 3.8) is 0 Å². The molecule has 5 nitrogen and oxygen atoms in total. The van der Waals surface area contributed by atoms with Crippen LogP contribution in [0.3, 0.4) is 0 Å². The molecule has 160 valence electrons. The zero-order chi connectivity index (χ0) is 21.8. The Kier molecular flexibility index (Phi) is 4.65. The third kappa shape index (κ3) is 3.23. The smallest absolute Gasteiger partial charge is 0.275 e. The highest BCUT2D eigenvalue weighted by atomic mass is 16.2. The Labute approximate surface area is 183 Å². The molecule has 1 atom stereocenters. The van der Waals surface area contributed by atoms with Crippen LogP contribution in [0, 0.1) is 13.8 Å². The standard InChI is InChI=1S/C26H29N3O2/c1-17-12-18(2)14-21(13-17)29-24(30)23-15-19-8-4-7-11-22(19)28(23)16-26(29,3)25(31)27-20-9-5-6-10-20/h4,7-8,11-15,20H,5-6,9-10,16H2,1-3H3,(H,27,31). The van der Waals surface area contributed by atoms with E-state index in [4.69, 9.17) is 0 Å². The number of benzene rings is 2. The van der Waals surface area contributed by atoms with Crippen LogP contribution in [-0.2, 0) is 11.3 Å². The molecule has 1 unspecified atom stereocenters. The first-order chi connectivity index (χ1) is 14.9. The van der Waals surface area contributed by atoms with E-state index in [1.165, 1.54) is 0 Å². The molecule has 1 N–H and O–H groups in total. The molecule has 5 rings (SSSR count). The minimum Gasteiger partial charge on any atom is -0.351 e. The molecular weight excluding hydrogens is 386 g/mol. The lowest BCUT2D eigenvalue weighted by molar-refractivity contribution is -0.127. The van der Waals surface area contributed by atoms with E-state index in [1.807, 2.05) is 67.8 Å². The predicted octanol–water partition coefficient (Wildman–Crippen LogP) is 4.74. The van der Waals surface area contributed by atoms with E-state index in [1.54, 1.807) is 4.90 Å². The molecule has 0 radical (unpaired) electrons. The number of nitrogens with one attached hydrogen (secondary N) is 1. The van der Waals surface area contributed by atoms with Crippen molar-refractivity contribution in [2.24, 2.45) is 0 Å². The predicted molar refractivity (Wildman–Crippen MR) is 123 cm³/mol. The Morgan fingerprint density at radius 1 is 1.03 bits per heavy atom. The van der Waals surface area contributed by atoms with Gasteiger partial charge >= 0.3 is 0 Å². The Bertz CT molecular complexity index is 1170. The second-order valence-corrected chi connectivity index (χ2v) is 9.39. The molecule has 2 heterocycles. The van der Waals surface area contributed by atoms with Gasteiger partial charge in [0, 0.05) is 22.6 Å². The minimum atomic E-state index is -1.02. The molecule has 2 amide bonds. The third-order valence-electron chi connectivity index (χ3n) is 6.84. The average Bonchev–Trinajstić information content (AvgIpc) is 3.35. The number of amides is 2. The molecule has 0 spiro atoms. The van der Waals surface area contributed by atoms with Crippen molar-refractivity contribution in [1.82, 2.24) is 9.88 Å².